The number of carbonyl (C=O) groups excluding carboxylic acids is 4. The second-order valence-electron chi connectivity index (χ2n) is 7.12. The number of hydrogen-bond donors (Lipinski definition) is 0. The number of carbonyl (C=O) groups is 4. The molecule has 1 aliphatic heterocycles. The van der Waals surface area contributed by atoms with Gasteiger partial charge in [-0.25, -0.2) is 0 Å². The Bertz CT molecular complexity index is 1040. The molecule has 1 aliphatic rings. The molecule has 1 fully saturated rings. The van der Waals surface area contributed by atoms with Crippen LogP contribution in [-0.4, -0.2) is 61.2 Å². The maximum Gasteiger partial charge on any atom is 0.303 e. The molecule has 0 spiro atoms. The molecule has 1 unspecified atom stereocenters. The van der Waals surface area contributed by atoms with E-state index in [4.69, 9.17) is 33.7 Å². The summed E-state index contributed by atoms with van der Waals surface area (Å²) in [5, 5.41) is 18.4. The lowest BCUT2D eigenvalue weighted by Crippen LogP contribution is -2.63. The number of hydrogen-bond acceptors (Lipinski definition) is 12. The summed E-state index contributed by atoms with van der Waals surface area (Å²) in [4.78, 5) is 46.7. The molecule has 0 bridgehead atoms. The maximum absolute atomic E-state index is 11.8. The molecule has 2 rings (SSSR count). The van der Waals surface area contributed by atoms with Crippen LogP contribution in [0.1, 0.15) is 38.8 Å². The van der Waals surface area contributed by atoms with Crippen molar-refractivity contribution in [3.05, 3.63) is 29.3 Å². The molecule has 0 aromatic heterocycles. The molecule has 12 nitrogen and oxygen atoms in total. The monoisotopic (exact) mass is 474 g/mol. The zero-order valence-electron chi connectivity index (χ0n) is 18.8. The first kappa shape index (κ1) is 26.1. The van der Waals surface area contributed by atoms with Crippen LogP contribution in [0.5, 0.6) is 5.75 Å². The minimum absolute atomic E-state index is 0.0191. The highest BCUT2D eigenvalue weighted by Crippen LogP contribution is 2.31. The van der Waals surface area contributed by atoms with Gasteiger partial charge in [0.15, 0.2) is 12.2 Å². The third-order valence-electron chi connectivity index (χ3n) is 4.43. The zero-order valence-corrected chi connectivity index (χ0v) is 18.8. The second kappa shape index (κ2) is 11.6. The lowest BCUT2D eigenvalue weighted by Gasteiger charge is -2.43. The van der Waals surface area contributed by atoms with Crippen LogP contribution in [0, 0.1) is 22.7 Å². The van der Waals surface area contributed by atoms with E-state index in [0.717, 1.165) is 27.7 Å². The maximum atomic E-state index is 11.8. The average molecular weight is 474 g/mol. The van der Waals surface area contributed by atoms with Gasteiger partial charge in [0.25, 0.3) is 0 Å². The highest BCUT2D eigenvalue weighted by atomic mass is 16.7. The molecule has 12 heteroatoms. The van der Waals surface area contributed by atoms with Crippen LogP contribution in [0.25, 0.3) is 0 Å². The summed E-state index contributed by atoms with van der Waals surface area (Å²) >= 11 is 0. The standard InChI is InChI=1S/C22H22N2O10/c1-11(25)29-10-18-19(30-12(2)26)20(31-13(3)27)21(32-14(4)28)22(34-18)33-17-6-5-15(8-23)16(7-17)9-24/h5-7,18-22H,10H2,1-4H3/t18-,19-,20+,21-,22?/m1/s1. The quantitative estimate of drug-likeness (QED) is 0.404. The molecule has 34 heavy (non-hydrogen) atoms. The molecule has 0 N–H and O–H groups in total. The summed E-state index contributed by atoms with van der Waals surface area (Å²) in [6.07, 6.45) is -6.75. The molecular weight excluding hydrogens is 452 g/mol. The van der Waals surface area contributed by atoms with Crippen molar-refractivity contribution in [2.24, 2.45) is 0 Å². The van der Waals surface area contributed by atoms with Crippen molar-refractivity contribution < 1.29 is 47.6 Å². The fourth-order valence-corrected chi connectivity index (χ4v) is 3.20. The van der Waals surface area contributed by atoms with E-state index in [9.17, 15) is 24.4 Å². The van der Waals surface area contributed by atoms with Crippen LogP contribution < -0.4 is 4.74 Å². The van der Waals surface area contributed by atoms with Gasteiger partial charge in [-0.15, -0.1) is 0 Å². The molecule has 1 saturated heterocycles. The molecule has 0 saturated carbocycles. The van der Waals surface area contributed by atoms with Crippen LogP contribution in [-0.2, 0) is 42.9 Å². The highest BCUT2D eigenvalue weighted by molar-refractivity contribution is 5.68. The molecule has 1 aromatic carbocycles. The van der Waals surface area contributed by atoms with Crippen LogP contribution in [0.15, 0.2) is 18.2 Å². The summed E-state index contributed by atoms with van der Waals surface area (Å²) in [7, 11) is 0. The minimum atomic E-state index is -1.44. The number of nitriles is 2. The van der Waals surface area contributed by atoms with E-state index < -0.39 is 61.2 Å². The van der Waals surface area contributed by atoms with Crippen LogP contribution in [0.4, 0.5) is 0 Å². The first-order valence-corrected chi connectivity index (χ1v) is 9.97. The Labute approximate surface area is 194 Å². The van der Waals surface area contributed by atoms with E-state index >= 15 is 0 Å². The van der Waals surface area contributed by atoms with E-state index in [-0.39, 0.29) is 16.9 Å². The van der Waals surface area contributed by atoms with Crippen LogP contribution >= 0.6 is 0 Å². The average Bonchev–Trinajstić information content (AvgIpc) is 2.75. The first-order chi connectivity index (χ1) is 16.0. The Morgan fingerprint density at radius 3 is 1.91 bits per heavy atom. The van der Waals surface area contributed by atoms with Crippen molar-refractivity contribution >= 4 is 23.9 Å². The summed E-state index contributed by atoms with van der Waals surface area (Å²) in [6, 6.07) is 7.73. The van der Waals surface area contributed by atoms with E-state index in [0.29, 0.717) is 0 Å². The van der Waals surface area contributed by atoms with E-state index in [1.54, 1.807) is 0 Å². The largest absolute Gasteiger partial charge is 0.463 e. The fraction of sp³-hybridized carbons (Fsp3) is 0.455. The minimum Gasteiger partial charge on any atom is -0.463 e. The molecule has 0 aliphatic carbocycles. The predicted octanol–water partition coefficient (Wildman–Crippen LogP) is 0.892. The molecule has 1 aromatic rings. The smallest absolute Gasteiger partial charge is 0.303 e. The van der Waals surface area contributed by atoms with Gasteiger partial charge in [0.1, 0.15) is 30.6 Å². The van der Waals surface area contributed by atoms with Gasteiger partial charge in [-0.2, -0.15) is 10.5 Å². The third kappa shape index (κ3) is 6.92. The number of esters is 4. The van der Waals surface area contributed by atoms with Crippen molar-refractivity contribution in [2.45, 2.75) is 58.4 Å². The Hall–Kier alpha value is -4.16. The summed E-state index contributed by atoms with van der Waals surface area (Å²) in [5.41, 5.74) is 0.127. The zero-order chi connectivity index (χ0) is 25.4. The van der Waals surface area contributed by atoms with Gasteiger partial charge in [-0.05, 0) is 18.2 Å². The number of benzene rings is 1. The van der Waals surface area contributed by atoms with Crippen molar-refractivity contribution in [1.82, 2.24) is 0 Å². The van der Waals surface area contributed by atoms with E-state index in [2.05, 4.69) is 0 Å². The lowest BCUT2D eigenvalue weighted by atomic mass is 9.98. The normalized spacial score (nSPS) is 23.4. The van der Waals surface area contributed by atoms with Crippen LogP contribution in [0.3, 0.4) is 0 Å². The van der Waals surface area contributed by atoms with Crippen molar-refractivity contribution in [1.29, 1.82) is 10.5 Å². The first-order valence-electron chi connectivity index (χ1n) is 9.97. The SMILES string of the molecule is CC(=O)OC[C@H]1OC(Oc2ccc(C#N)c(C#N)c2)[C@H](OC(C)=O)[C@@H](OC(C)=O)[C@@H]1OC(C)=O. The van der Waals surface area contributed by atoms with E-state index in [1.165, 1.54) is 18.2 Å². The molecule has 5 atom stereocenters. The summed E-state index contributed by atoms with van der Waals surface area (Å²) in [6.45, 7) is 4.06. The van der Waals surface area contributed by atoms with E-state index in [1.807, 2.05) is 12.1 Å². The Morgan fingerprint density at radius 2 is 1.38 bits per heavy atom. The van der Waals surface area contributed by atoms with Gasteiger partial charge >= 0.3 is 23.9 Å². The van der Waals surface area contributed by atoms with Gasteiger partial charge in [0, 0.05) is 27.7 Å². The molecular formula is C22H22N2O10. The lowest BCUT2D eigenvalue weighted by molar-refractivity contribution is -0.288. The molecule has 0 radical (unpaired) electrons. The third-order valence-corrected chi connectivity index (χ3v) is 4.43. The predicted molar refractivity (Wildman–Crippen MR) is 108 cm³/mol. The summed E-state index contributed by atoms with van der Waals surface area (Å²) in [5.74, 6) is -2.91. The molecule has 0 amide bonds. The Balaban J connectivity index is 2.50. The van der Waals surface area contributed by atoms with Gasteiger partial charge < -0.3 is 28.4 Å². The second-order valence-corrected chi connectivity index (χ2v) is 7.12. The van der Waals surface area contributed by atoms with Gasteiger partial charge in [0.05, 0.1) is 11.1 Å². The Kier molecular flexibility index (Phi) is 8.93. The van der Waals surface area contributed by atoms with Gasteiger partial charge in [0.2, 0.25) is 12.4 Å². The van der Waals surface area contributed by atoms with Crippen molar-refractivity contribution in [3.8, 4) is 17.9 Å². The van der Waals surface area contributed by atoms with Crippen LogP contribution in [0.2, 0.25) is 0 Å². The van der Waals surface area contributed by atoms with Crippen molar-refractivity contribution in [2.75, 3.05) is 6.61 Å². The number of rotatable bonds is 7. The number of nitrogens with zero attached hydrogens (tertiary/aromatic N) is 2. The topological polar surface area (TPSA) is 171 Å². The van der Waals surface area contributed by atoms with Gasteiger partial charge in [-0.3, -0.25) is 19.2 Å². The van der Waals surface area contributed by atoms with Gasteiger partial charge in [-0.1, -0.05) is 0 Å². The van der Waals surface area contributed by atoms with Crippen molar-refractivity contribution in [3.63, 3.8) is 0 Å². The molecule has 180 valence electrons. The number of ether oxygens (including phenoxy) is 6. The summed E-state index contributed by atoms with van der Waals surface area (Å²) < 4.78 is 32.5. The molecule has 1 heterocycles. The Morgan fingerprint density at radius 1 is 0.824 bits per heavy atom. The highest BCUT2D eigenvalue weighted by Gasteiger charge is 2.53. The fourth-order valence-electron chi connectivity index (χ4n) is 3.20.